The van der Waals surface area contributed by atoms with Gasteiger partial charge in [-0.15, -0.1) is 0 Å². The molecular weight excluding hydrogens is 235 g/mol. The highest BCUT2D eigenvalue weighted by Crippen LogP contribution is 2.21. The van der Waals surface area contributed by atoms with E-state index in [1.807, 2.05) is 0 Å². The molecule has 0 saturated heterocycles. The highest BCUT2D eigenvalue weighted by molar-refractivity contribution is 6.53. The molecule has 0 spiro atoms. The van der Waals surface area contributed by atoms with Crippen molar-refractivity contribution in [3.63, 3.8) is 0 Å². The third kappa shape index (κ3) is 6.62. The fourth-order valence-electron chi connectivity index (χ4n) is 2.64. The van der Waals surface area contributed by atoms with Crippen LogP contribution >= 0.6 is 0 Å². The molecule has 18 heavy (non-hydrogen) atoms. The maximum absolute atomic E-state index is 4.70. The van der Waals surface area contributed by atoms with Crippen LogP contribution in [0.25, 0.3) is 0 Å². The van der Waals surface area contributed by atoms with Crippen LogP contribution in [0, 0.1) is 0 Å². The number of allylic oxidation sites excluding steroid dienone is 2. The van der Waals surface area contributed by atoms with Crippen molar-refractivity contribution >= 4 is 20.1 Å². The van der Waals surface area contributed by atoms with Gasteiger partial charge in [-0.05, 0) is 67.2 Å². The molecule has 0 N–H and O–H groups in total. The van der Waals surface area contributed by atoms with Crippen molar-refractivity contribution in [1.82, 2.24) is 3.88 Å². The highest BCUT2D eigenvalue weighted by Gasteiger charge is 2.27. The number of hydrogen-bond donors (Lipinski definition) is 0. The third-order valence-electron chi connectivity index (χ3n) is 2.55. The molecule has 0 heterocycles. The Kier molecular flexibility index (Phi) is 6.17. The molecule has 2 nitrogen and oxygen atoms in total. The summed E-state index contributed by atoms with van der Waals surface area (Å²) in [5, 5.41) is 0. The van der Waals surface area contributed by atoms with Crippen LogP contribution < -0.4 is 0 Å². The molecule has 0 aromatic heterocycles. The van der Waals surface area contributed by atoms with Gasteiger partial charge in [0.05, 0.1) is 5.54 Å². The summed E-state index contributed by atoms with van der Waals surface area (Å²) in [6.45, 7) is 17.6. The van der Waals surface area contributed by atoms with Gasteiger partial charge in [-0.2, -0.15) is 0 Å². The van der Waals surface area contributed by atoms with E-state index in [0.29, 0.717) is 0 Å². The molecule has 0 amide bonds. The summed E-state index contributed by atoms with van der Waals surface area (Å²) in [5.74, 6) is 4.75. The van der Waals surface area contributed by atoms with Gasteiger partial charge in [0.2, 0.25) is 0 Å². The van der Waals surface area contributed by atoms with Crippen molar-refractivity contribution in [1.29, 1.82) is 0 Å². The van der Waals surface area contributed by atoms with Crippen LogP contribution in [0.3, 0.4) is 0 Å². The van der Waals surface area contributed by atoms with E-state index in [1.165, 1.54) is 5.70 Å². The lowest BCUT2D eigenvalue weighted by molar-refractivity contribution is 0.302. The molecule has 0 fully saturated rings. The molecule has 0 aliphatic carbocycles. The summed E-state index contributed by atoms with van der Waals surface area (Å²) >= 11 is -0.870. The Morgan fingerprint density at radius 1 is 1.00 bits per heavy atom. The van der Waals surface area contributed by atoms with E-state index in [1.54, 1.807) is 0 Å². The van der Waals surface area contributed by atoms with Crippen LogP contribution in [0.2, 0.25) is 11.6 Å². The molecule has 0 unspecified atom stereocenters. The van der Waals surface area contributed by atoms with Gasteiger partial charge in [-0.25, -0.2) is 0 Å². The third-order valence-corrected chi connectivity index (χ3v) is 4.76. The van der Waals surface area contributed by atoms with Gasteiger partial charge in [-0.3, -0.25) is 4.99 Å². The lowest BCUT2D eigenvalue weighted by atomic mass is 10.1. The maximum atomic E-state index is 4.70. The van der Waals surface area contributed by atoms with Crippen molar-refractivity contribution in [2.24, 2.45) is 4.99 Å². The molecule has 0 aromatic carbocycles. The smallest absolute Gasteiger partial charge is 0.407 e. The quantitative estimate of drug-likeness (QED) is 0.542. The predicted octanol–water partition coefficient (Wildman–Crippen LogP) is 4.50. The maximum Gasteiger partial charge on any atom is 0.407 e. The first-order chi connectivity index (χ1) is 7.84. The first kappa shape index (κ1) is 17.7. The fraction of sp³-hybridized carbons (Fsp3) is 0.800. The summed E-state index contributed by atoms with van der Waals surface area (Å²) in [6.07, 6.45) is 2.23. The van der Waals surface area contributed by atoms with Crippen LogP contribution in [0.15, 0.2) is 16.8 Å². The van der Waals surface area contributed by atoms with Gasteiger partial charge in [-0.1, -0.05) is 11.6 Å². The molecule has 0 bridgehead atoms. The van der Waals surface area contributed by atoms with E-state index in [2.05, 4.69) is 76.9 Å². The van der Waals surface area contributed by atoms with Gasteiger partial charge >= 0.3 is 14.4 Å². The Morgan fingerprint density at radius 2 is 1.44 bits per heavy atom. The van der Waals surface area contributed by atoms with E-state index in [0.717, 1.165) is 5.71 Å². The van der Waals surface area contributed by atoms with Gasteiger partial charge in [0.25, 0.3) is 0 Å². The van der Waals surface area contributed by atoms with E-state index in [9.17, 15) is 0 Å². The van der Waals surface area contributed by atoms with E-state index < -0.39 is 14.4 Å². The van der Waals surface area contributed by atoms with Crippen molar-refractivity contribution < 1.29 is 0 Å². The Hall–Kier alpha value is -0.258. The zero-order valence-corrected chi connectivity index (χ0v) is 15.2. The molecule has 0 radical (unpaired) electrons. The monoisotopic (exact) mass is 266 g/mol. The second-order valence-corrected chi connectivity index (χ2v) is 10.0. The van der Waals surface area contributed by atoms with E-state index >= 15 is 0 Å². The summed E-state index contributed by atoms with van der Waals surface area (Å²) < 4.78 is 2.58. The van der Waals surface area contributed by atoms with Gasteiger partial charge < -0.3 is 3.88 Å². The van der Waals surface area contributed by atoms with Crippen LogP contribution in [0.4, 0.5) is 0 Å². The molecule has 0 atom stereocenters. The van der Waals surface area contributed by atoms with Gasteiger partial charge in [0.1, 0.15) is 0 Å². The lowest BCUT2D eigenvalue weighted by Crippen LogP contribution is -2.47. The molecule has 0 saturated carbocycles. The molecule has 0 aliphatic rings. The van der Waals surface area contributed by atoms with Crippen LogP contribution in [0.1, 0.15) is 55.4 Å². The predicted molar refractivity (Wildman–Crippen MR) is 85.7 cm³/mol. The summed E-state index contributed by atoms with van der Waals surface area (Å²) in [6, 6.07) is 0. The van der Waals surface area contributed by atoms with Crippen molar-refractivity contribution in [3.05, 3.63) is 11.8 Å². The van der Waals surface area contributed by atoms with E-state index in [4.69, 9.17) is 4.99 Å². The minimum atomic E-state index is -0.870. The van der Waals surface area contributed by atoms with Crippen molar-refractivity contribution in [3.8, 4) is 0 Å². The zero-order chi connectivity index (χ0) is 14.7. The van der Waals surface area contributed by atoms with Crippen molar-refractivity contribution in [2.45, 2.75) is 78.0 Å². The van der Waals surface area contributed by atoms with Crippen LogP contribution in [-0.2, 0) is 0 Å². The molecule has 104 valence electrons. The number of aliphatic imine (C=N–C) groups is 1. The van der Waals surface area contributed by atoms with Crippen molar-refractivity contribution in [2.75, 3.05) is 0 Å². The summed E-state index contributed by atoms with van der Waals surface area (Å²) in [5.41, 5.74) is 2.66. The minimum Gasteiger partial charge on any atom is -0.462 e. The first-order valence-corrected chi connectivity index (χ1v) is 9.71. The average molecular weight is 266 g/mol. The standard InChI is InChI=1S/C13H25N2.2CH3.Al/c1-10(14-12(3,4)5)9-11(2)15-13(6,7)8;;;/h9H,1-8H3;2*1H3;/q-1;;;+1/b10-9+,15-11?;;;. The fourth-order valence-corrected chi connectivity index (χ4v) is 5.08. The molecular formula is C15H31AlN2. The number of rotatable bonds is 3. The SMILES string of the molecule is CC(/C=C(\C)[N]([Al]([CH3])[CH3])C(C)(C)C)=NC(C)(C)C. The summed E-state index contributed by atoms with van der Waals surface area (Å²) in [4.78, 5) is 4.70. The number of hydrogen-bond acceptors (Lipinski definition) is 2. The largest absolute Gasteiger partial charge is 0.462 e. The molecule has 0 rings (SSSR count). The highest BCUT2D eigenvalue weighted by atomic mass is 27.2. The average Bonchev–Trinajstić information content (AvgIpc) is 1.93. The van der Waals surface area contributed by atoms with Gasteiger partial charge in [0.15, 0.2) is 0 Å². The Labute approximate surface area is 119 Å². The first-order valence-electron chi connectivity index (χ1n) is 6.88. The van der Waals surface area contributed by atoms with E-state index in [-0.39, 0.29) is 11.1 Å². The topological polar surface area (TPSA) is 15.6 Å². The Morgan fingerprint density at radius 3 is 1.72 bits per heavy atom. The number of nitrogens with zero attached hydrogens (tertiary/aromatic N) is 2. The molecule has 3 heteroatoms. The second-order valence-electron chi connectivity index (χ2n) is 7.34. The Bertz CT molecular complexity index is 327. The minimum absolute atomic E-state index is 0.00266. The molecule has 0 aliphatic heterocycles. The van der Waals surface area contributed by atoms with Gasteiger partial charge in [0, 0.05) is 11.3 Å². The molecule has 0 aromatic rings. The summed E-state index contributed by atoms with van der Waals surface area (Å²) in [7, 11) is 0. The second kappa shape index (κ2) is 6.26. The normalized spacial score (nSPS) is 14.8. The zero-order valence-electron chi connectivity index (χ0n) is 14.0. The Balaban J connectivity index is 5.23. The lowest BCUT2D eigenvalue weighted by Gasteiger charge is -2.42. The van der Waals surface area contributed by atoms with Crippen LogP contribution in [0.5, 0.6) is 0 Å². The van der Waals surface area contributed by atoms with Crippen LogP contribution in [-0.4, -0.2) is 35.0 Å².